The number of nitrogen functional groups attached to an aromatic ring is 1. The maximum atomic E-state index is 10.7. The number of carboxylic acids is 1. The van der Waals surface area contributed by atoms with Gasteiger partial charge in [0.1, 0.15) is 11.9 Å². The number of carbonyl (C=O) groups is 1. The molecule has 1 aromatic heterocycles. The van der Waals surface area contributed by atoms with Crippen molar-refractivity contribution in [1.29, 1.82) is 0 Å². The molecule has 5 heteroatoms. The molecule has 0 fully saturated rings. The zero-order valence-corrected chi connectivity index (χ0v) is 10.3. The van der Waals surface area contributed by atoms with Gasteiger partial charge in [-0.1, -0.05) is 24.3 Å². The molecule has 0 radical (unpaired) electrons. The highest BCUT2D eigenvalue weighted by Gasteiger charge is 2.11. The summed E-state index contributed by atoms with van der Waals surface area (Å²) in [7, 11) is 0. The number of rotatable bonds is 4. The maximum Gasteiger partial charge on any atom is 0.320 e. The summed E-state index contributed by atoms with van der Waals surface area (Å²) in [6.07, 6.45) is 1.97. The third-order valence-electron chi connectivity index (χ3n) is 2.84. The summed E-state index contributed by atoms with van der Waals surface area (Å²) >= 11 is 0. The fraction of sp³-hybridized carbons (Fsp3) is 0.143. The molecule has 2 rings (SSSR count). The van der Waals surface area contributed by atoms with E-state index in [1.807, 2.05) is 30.3 Å². The van der Waals surface area contributed by atoms with Crippen LogP contribution in [0.25, 0.3) is 11.1 Å². The van der Waals surface area contributed by atoms with Crippen LogP contribution in [0.15, 0.2) is 42.6 Å². The molecule has 0 saturated carbocycles. The number of aliphatic carboxylic acids is 1. The van der Waals surface area contributed by atoms with Crippen LogP contribution in [0.3, 0.4) is 0 Å². The molecule has 1 aromatic carbocycles. The van der Waals surface area contributed by atoms with E-state index in [2.05, 4.69) is 4.98 Å². The lowest BCUT2D eigenvalue weighted by molar-refractivity contribution is -0.138. The molecule has 0 amide bonds. The molecule has 5 N–H and O–H groups in total. The SMILES string of the molecule is Nc1cc(-c2ccc(C[C@H](N)C(=O)O)cc2)ccn1. The molecule has 0 aliphatic rings. The van der Waals surface area contributed by atoms with E-state index in [0.717, 1.165) is 16.7 Å². The molecule has 98 valence electrons. The Hall–Kier alpha value is -2.40. The Morgan fingerprint density at radius 2 is 1.89 bits per heavy atom. The normalized spacial score (nSPS) is 12.1. The maximum absolute atomic E-state index is 10.7. The van der Waals surface area contributed by atoms with Gasteiger partial charge in [-0.25, -0.2) is 4.98 Å². The van der Waals surface area contributed by atoms with Crippen LogP contribution >= 0.6 is 0 Å². The molecule has 19 heavy (non-hydrogen) atoms. The van der Waals surface area contributed by atoms with Gasteiger partial charge in [-0.15, -0.1) is 0 Å². The van der Waals surface area contributed by atoms with Gasteiger partial charge in [-0.2, -0.15) is 0 Å². The van der Waals surface area contributed by atoms with Crippen molar-refractivity contribution in [3.05, 3.63) is 48.2 Å². The lowest BCUT2D eigenvalue weighted by Gasteiger charge is -2.08. The third-order valence-corrected chi connectivity index (χ3v) is 2.84. The molecule has 5 nitrogen and oxygen atoms in total. The minimum Gasteiger partial charge on any atom is -0.480 e. The number of anilines is 1. The Morgan fingerprint density at radius 3 is 2.47 bits per heavy atom. The second kappa shape index (κ2) is 5.49. The Balaban J connectivity index is 2.17. The number of nitrogens with two attached hydrogens (primary N) is 2. The Bertz CT molecular complexity index is 581. The molecule has 0 bridgehead atoms. The average Bonchev–Trinajstić information content (AvgIpc) is 2.39. The van der Waals surface area contributed by atoms with E-state index in [4.69, 9.17) is 16.6 Å². The average molecular weight is 257 g/mol. The second-order valence-electron chi connectivity index (χ2n) is 4.32. The van der Waals surface area contributed by atoms with Crippen LogP contribution in [0.1, 0.15) is 5.56 Å². The number of benzene rings is 1. The van der Waals surface area contributed by atoms with Crippen LogP contribution in [0.4, 0.5) is 5.82 Å². The predicted molar refractivity (Wildman–Crippen MR) is 73.4 cm³/mol. The second-order valence-corrected chi connectivity index (χ2v) is 4.32. The molecule has 0 spiro atoms. The zero-order chi connectivity index (χ0) is 13.8. The molecule has 1 heterocycles. The Kier molecular flexibility index (Phi) is 3.77. The number of carboxylic acid groups (broad SMARTS) is 1. The van der Waals surface area contributed by atoms with Crippen LogP contribution in [-0.2, 0) is 11.2 Å². The molecular formula is C14H15N3O2. The van der Waals surface area contributed by atoms with E-state index in [1.165, 1.54) is 0 Å². The lowest BCUT2D eigenvalue weighted by atomic mass is 10.0. The van der Waals surface area contributed by atoms with Gasteiger partial charge in [0.05, 0.1) is 0 Å². The van der Waals surface area contributed by atoms with Gasteiger partial charge < -0.3 is 16.6 Å². The highest BCUT2D eigenvalue weighted by Crippen LogP contribution is 2.21. The zero-order valence-electron chi connectivity index (χ0n) is 10.3. The van der Waals surface area contributed by atoms with Gasteiger partial charge in [-0.3, -0.25) is 4.79 Å². The predicted octanol–water partition coefficient (Wildman–Crippen LogP) is 1.29. The number of hydrogen-bond acceptors (Lipinski definition) is 4. The smallest absolute Gasteiger partial charge is 0.320 e. The summed E-state index contributed by atoms with van der Waals surface area (Å²) in [6.45, 7) is 0. The van der Waals surface area contributed by atoms with Crippen LogP contribution in [-0.4, -0.2) is 22.1 Å². The monoisotopic (exact) mass is 257 g/mol. The largest absolute Gasteiger partial charge is 0.480 e. The minimum absolute atomic E-state index is 0.314. The molecular weight excluding hydrogens is 242 g/mol. The topological polar surface area (TPSA) is 102 Å². The summed E-state index contributed by atoms with van der Waals surface area (Å²) in [6, 6.07) is 10.4. The summed E-state index contributed by atoms with van der Waals surface area (Å²) < 4.78 is 0. The van der Waals surface area contributed by atoms with Gasteiger partial charge in [0.2, 0.25) is 0 Å². The van der Waals surface area contributed by atoms with Crippen molar-refractivity contribution in [2.75, 3.05) is 5.73 Å². The van der Waals surface area contributed by atoms with Crippen molar-refractivity contribution in [3.8, 4) is 11.1 Å². The molecule has 0 aliphatic carbocycles. The highest BCUT2D eigenvalue weighted by molar-refractivity contribution is 5.73. The number of hydrogen-bond donors (Lipinski definition) is 3. The minimum atomic E-state index is -0.994. The van der Waals surface area contributed by atoms with E-state index >= 15 is 0 Å². The van der Waals surface area contributed by atoms with E-state index < -0.39 is 12.0 Å². The Morgan fingerprint density at radius 1 is 1.21 bits per heavy atom. The first-order valence-corrected chi connectivity index (χ1v) is 5.85. The van der Waals surface area contributed by atoms with E-state index in [9.17, 15) is 4.79 Å². The van der Waals surface area contributed by atoms with Crippen LogP contribution in [0, 0.1) is 0 Å². The van der Waals surface area contributed by atoms with E-state index in [-0.39, 0.29) is 0 Å². The first-order chi connectivity index (χ1) is 9.06. The Labute approximate surface area is 110 Å². The first kappa shape index (κ1) is 13.0. The fourth-order valence-corrected chi connectivity index (χ4v) is 1.80. The van der Waals surface area contributed by atoms with Gasteiger partial charge in [0.15, 0.2) is 0 Å². The van der Waals surface area contributed by atoms with Crippen LogP contribution in [0.2, 0.25) is 0 Å². The summed E-state index contributed by atoms with van der Waals surface area (Å²) in [5.74, 6) is -0.527. The van der Waals surface area contributed by atoms with Gasteiger partial charge in [0.25, 0.3) is 0 Å². The summed E-state index contributed by atoms with van der Waals surface area (Å²) in [5.41, 5.74) is 14.0. The van der Waals surface area contributed by atoms with Crippen molar-refractivity contribution in [2.45, 2.75) is 12.5 Å². The lowest BCUT2D eigenvalue weighted by Crippen LogP contribution is -2.32. The van der Waals surface area contributed by atoms with E-state index in [1.54, 1.807) is 12.3 Å². The van der Waals surface area contributed by atoms with Gasteiger partial charge in [0, 0.05) is 6.20 Å². The number of nitrogens with zero attached hydrogens (tertiary/aromatic N) is 1. The third kappa shape index (κ3) is 3.29. The number of pyridine rings is 1. The summed E-state index contributed by atoms with van der Waals surface area (Å²) in [5, 5.41) is 8.76. The van der Waals surface area contributed by atoms with Crippen molar-refractivity contribution < 1.29 is 9.90 Å². The van der Waals surface area contributed by atoms with Gasteiger partial charge >= 0.3 is 5.97 Å². The van der Waals surface area contributed by atoms with Gasteiger partial charge in [-0.05, 0) is 35.2 Å². The van der Waals surface area contributed by atoms with Crippen molar-refractivity contribution in [3.63, 3.8) is 0 Å². The van der Waals surface area contributed by atoms with Crippen molar-refractivity contribution >= 4 is 11.8 Å². The number of aromatic nitrogens is 1. The molecule has 0 unspecified atom stereocenters. The van der Waals surface area contributed by atoms with Crippen molar-refractivity contribution in [1.82, 2.24) is 4.98 Å². The molecule has 0 saturated heterocycles. The highest BCUT2D eigenvalue weighted by atomic mass is 16.4. The molecule has 2 aromatic rings. The van der Waals surface area contributed by atoms with Crippen LogP contribution in [0.5, 0.6) is 0 Å². The standard InChI is InChI=1S/C14H15N3O2/c15-12(14(18)19)7-9-1-3-10(4-2-9)11-5-6-17-13(16)8-11/h1-6,8,12H,7,15H2,(H2,16,17)(H,18,19)/t12-/m0/s1. The summed E-state index contributed by atoms with van der Waals surface area (Å²) in [4.78, 5) is 14.6. The van der Waals surface area contributed by atoms with Crippen molar-refractivity contribution in [2.24, 2.45) is 5.73 Å². The quantitative estimate of drug-likeness (QED) is 0.765. The van der Waals surface area contributed by atoms with Crippen LogP contribution < -0.4 is 11.5 Å². The molecule has 1 atom stereocenters. The first-order valence-electron chi connectivity index (χ1n) is 5.85. The van der Waals surface area contributed by atoms with E-state index in [0.29, 0.717) is 12.2 Å². The fourth-order valence-electron chi connectivity index (χ4n) is 1.80. The molecule has 0 aliphatic heterocycles.